The molecule has 0 saturated carbocycles. The fraction of sp³-hybridized carbons (Fsp3) is 0.478. The number of anilines is 3. The molecule has 10 nitrogen and oxygen atoms in total. The van der Waals surface area contributed by atoms with Crippen LogP contribution in [0, 0.1) is 24.2 Å². The Morgan fingerprint density at radius 1 is 1.36 bits per heavy atom. The van der Waals surface area contributed by atoms with Crippen molar-refractivity contribution in [2.24, 2.45) is 5.92 Å². The van der Waals surface area contributed by atoms with Crippen LogP contribution in [0.5, 0.6) is 5.75 Å². The molecule has 0 bridgehead atoms. The minimum atomic E-state index is -0.500. The molecule has 2 aliphatic rings. The maximum atomic E-state index is 12.6. The van der Waals surface area contributed by atoms with E-state index in [0.717, 1.165) is 37.4 Å². The molecule has 174 valence electrons. The summed E-state index contributed by atoms with van der Waals surface area (Å²) in [7, 11) is 0. The van der Waals surface area contributed by atoms with Crippen molar-refractivity contribution < 1.29 is 14.3 Å². The maximum absolute atomic E-state index is 12.6. The topological polar surface area (TPSA) is 124 Å². The van der Waals surface area contributed by atoms with Gasteiger partial charge in [-0.25, -0.2) is 9.78 Å². The standard InChI is InChI=1S/C23H29N7O3/c1-15-3-5-30(13-15)20-8-21(33-14-18-11-25-4-6-32-18)19(7-17(20)9-24)28-23(31)29-22-12-26-16(2)10-27-22/h7-8,10,12,15,18,25H,3-6,11,13-14H2,1-2H3,(H2,27,28,29,31)/t15?,18-/m0/s1. The molecule has 33 heavy (non-hydrogen) atoms. The van der Waals surface area contributed by atoms with Gasteiger partial charge in [-0.05, 0) is 25.3 Å². The molecule has 3 heterocycles. The van der Waals surface area contributed by atoms with Crippen molar-refractivity contribution in [3.63, 3.8) is 0 Å². The fourth-order valence-corrected chi connectivity index (χ4v) is 3.93. The SMILES string of the molecule is Cc1cnc(NC(=O)Nc2cc(C#N)c(N3CCC(C)C3)cc2OC[C@@H]2CNCCO2)cn1. The summed E-state index contributed by atoms with van der Waals surface area (Å²) in [6.45, 7) is 8.25. The van der Waals surface area contributed by atoms with E-state index in [9.17, 15) is 10.1 Å². The Balaban J connectivity index is 1.56. The summed E-state index contributed by atoms with van der Waals surface area (Å²) in [5.74, 6) is 1.37. The minimum absolute atomic E-state index is 0.0887. The zero-order valence-corrected chi connectivity index (χ0v) is 18.9. The Bertz CT molecular complexity index is 1020. The summed E-state index contributed by atoms with van der Waals surface area (Å²) < 4.78 is 11.8. The largest absolute Gasteiger partial charge is 0.489 e. The number of carbonyl (C=O) groups is 1. The van der Waals surface area contributed by atoms with Crippen LogP contribution in [-0.4, -0.2) is 61.5 Å². The van der Waals surface area contributed by atoms with Crippen LogP contribution in [0.15, 0.2) is 24.5 Å². The highest BCUT2D eigenvalue weighted by Gasteiger charge is 2.24. The van der Waals surface area contributed by atoms with Gasteiger partial charge in [-0.3, -0.25) is 10.3 Å². The van der Waals surface area contributed by atoms with Crippen LogP contribution >= 0.6 is 0 Å². The smallest absolute Gasteiger partial charge is 0.325 e. The second kappa shape index (κ2) is 10.5. The van der Waals surface area contributed by atoms with E-state index in [0.29, 0.717) is 48.5 Å². The van der Waals surface area contributed by atoms with Crippen molar-refractivity contribution in [2.75, 3.05) is 54.9 Å². The van der Waals surface area contributed by atoms with Crippen molar-refractivity contribution in [3.05, 3.63) is 35.8 Å². The van der Waals surface area contributed by atoms with Crippen molar-refractivity contribution in [1.82, 2.24) is 15.3 Å². The number of benzene rings is 1. The van der Waals surface area contributed by atoms with E-state index in [1.165, 1.54) is 6.20 Å². The highest BCUT2D eigenvalue weighted by Crippen LogP contribution is 2.36. The molecule has 2 amide bonds. The van der Waals surface area contributed by atoms with Gasteiger partial charge in [0.15, 0.2) is 5.82 Å². The van der Waals surface area contributed by atoms with E-state index in [1.54, 1.807) is 12.3 Å². The maximum Gasteiger partial charge on any atom is 0.325 e. The summed E-state index contributed by atoms with van der Waals surface area (Å²) in [5.41, 5.74) is 2.46. The van der Waals surface area contributed by atoms with Crippen molar-refractivity contribution in [2.45, 2.75) is 26.4 Å². The minimum Gasteiger partial charge on any atom is -0.489 e. The zero-order chi connectivity index (χ0) is 23.2. The van der Waals surface area contributed by atoms with Crippen LogP contribution in [0.25, 0.3) is 0 Å². The second-order valence-corrected chi connectivity index (χ2v) is 8.45. The van der Waals surface area contributed by atoms with Gasteiger partial charge in [0, 0.05) is 32.2 Å². The van der Waals surface area contributed by atoms with Gasteiger partial charge in [0.05, 0.1) is 41.6 Å². The molecule has 2 saturated heterocycles. The third kappa shape index (κ3) is 5.88. The molecule has 0 spiro atoms. The monoisotopic (exact) mass is 451 g/mol. The number of carbonyl (C=O) groups excluding carboxylic acids is 1. The molecule has 4 rings (SSSR count). The molecule has 2 atom stereocenters. The number of rotatable bonds is 6. The van der Waals surface area contributed by atoms with Crippen LogP contribution in [0.3, 0.4) is 0 Å². The molecule has 10 heteroatoms. The number of hydrogen-bond acceptors (Lipinski definition) is 8. The lowest BCUT2D eigenvalue weighted by Gasteiger charge is -2.26. The Hall–Kier alpha value is -3.42. The summed E-state index contributed by atoms with van der Waals surface area (Å²) in [6, 6.07) is 5.27. The number of nitriles is 1. The van der Waals surface area contributed by atoms with Gasteiger partial charge in [-0.2, -0.15) is 5.26 Å². The molecular weight excluding hydrogens is 422 g/mol. The van der Waals surface area contributed by atoms with Gasteiger partial charge in [0.2, 0.25) is 0 Å². The van der Waals surface area contributed by atoms with Crippen LogP contribution in [-0.2, 0) is 4.74 Å². The Morgan fingerprint density at radius 3 is 2.91 bits per heavy atom. The molecule has 1 aromatic carbocycles. The number of amides is 2. The molecular formula is C23H29N7O3. The Labute approximate surface area is 193 Å². The number of morpholine rings is 1. The lowest BCUT2D eigenvalue weighted by molar-refractivity contribution is 0.000357. The summed E-state index contributed by atoms with van der Waals surface area (Å²) in [5, 5.41) is 18.5. The Morgan fingerprint density at radius 2 is 2.24 bits per heavy atom. The number of aryl methyl sites for hydroxylation is 1. The number of aromatic nitrogens is 2. The average molecular weight is 452 g/mol. The van der Waals surface area contributed by atoms with Gasteiger partial charge in [0.25, 0.3) is 0 Å². The Kier molecular flexibility index (Phi) is 7.22. The molecule has 0 aliphatic carbocycles. The third-order valence-corrected chi connectivity index (χ3v) is 5.68. The van der Waals surface area contributed by atoms with E-state index in [1.807, 2.05) is 13.0 Å². The van der Waals surface area contributed by atoms with Gasteiger partial charge in [-0.1, -0.05) is 6.92 Å². The van der Waals surface area contributed by atoms with Gasteiger partial charge >= 0.3 is 6.03 Å². The van der Waals surface area contributed by atoms with Crippen molar-refractivity contribution in [1.29, 1.82) is 5.26 Å². The molecule has 1 aromatic heterocycles. The highest BCUT2D eigenvalue weighted by molar-refractivity contribution is 6.00. The first kappa shape index (κ1) is 22.8. The van der Waals surface area contributed by atoms with Crippen LogP contribution in [0.2, 0.25) is 0 Å². The van der Waals surface area contributed by atoms with Crippen molar-refractivity contribution >= 4 is 23.2 Å². The number of ether oxygens (including phenoxy) is 2. The van der Waals surface area contributed by atoms with E-state index >= 15 is 0 Å². The van der Waals surface area contributed by atoms with Gasteiger partial charge in [-0.15, -0.1) is 0 Å². The summed E-state index contributed by atoms with van der Waals surface area (Å²) >= 11 is 0. The second-order valence-electron chi connectivity index (χ2n) is 8.45. The number of nitrogens with zero attached hydrogens (tertiary/aromatic N) is 4. The molecule has 2 fully saturated rings. The summed E-state index contributed by atoms with van der Waals surface area (Å²) in [6.07, 6.45) is 4.04. The van der Waals surface area contributed by atoms with Gasteiger partial charge < -0.3 is 25.0 Å². The van der Waals surface area contributed by atoms with E-state index < -0.39 is 6.03 Å². The third-order valence-electron chi connectivity index (χ3n) is 5.68. The van der Waals surface area contributed by atoms with Crippen LogP contribution < -0.4 is 25.6 Å². The lowest BCUT2D eigenvalue weighted by atomic mass is 10.1. The number of hydrogen-bond donors (Lipinski definition) is 3. The number of urea groups is 1. The molecule has 1 unspecified atom stereocenters. The average Bonchev–Trinajstić information content (AvgIpc) is 3.26. The lowest BCUT2D eigenvalue weighted by Crippen LogP contribution is -2.41. The predicted molar refractivity (Wildman–Crippen MR) is 125 cm³/mol. The first-order valence-electron chi connectivity index (χ1n) is 11.2. The van der Waals surface area contributed by atoms with Crippen LogP contribution in [0.4, 0.5) is 22.0 Å². The van der Waals surface area contributed by atoms with Gasteiger partial charge in [0.1, 0.15) is 24.5 Å². The van der Waals surface area contributed by atoms with Crippen molar-refractivity contribution in [3.8, 4) is 11.8 Å². The number of nitrogens with one attached hydrogen (secondary N) is 3. The zero-order valence-electron chi connectivity index (χ0n) is 18.9. The van der Waals surface area contributed by atoms with Crippen LogP contribution in [0.1, 0.15) is 24.6 Å². The fourth-order valence-electron chi connectivity index (χ4n) is 3.93. The van der Waals surface area contributed by atoms with E-state index in [2.05, 4.69) is 43.8 Å². The molecule has 2 aromatic rings. The first-order chi connectivity index (χ1) is 16.0. The normalized spacial score (nSPS) is 20.2. The predicted octanol–water partition coefficient (Wildman–Crippen LogP) is 2.51. The summed E-state index contributed by atoms with van der Waals surface area (Å²) in [4.78, 5) is 23.1. The first-order valence-corrected chi connectivity index (χ1v) is 11.2. The highest BCUT2D eigenvalue weighted by atomic mass is 16.5. The van der Waals surface area contributed by atoms with E-state index in [4.69, 9.17) is 9.47 Å². The quantitative estimate of drug-likeness (QED) is 0.612. The molecule has 2 aliphatic heterocycles. The molecule has 0 radical (unpaired) electrons. The molecule has 3 N–H and O–H groups in total. The van der Waals surface area contributed by atoms with E-state index in [-0.39, 0.29) is 6.10 Å².